The van der Waals surface area contributed by atoms with Crippen molar-refractivity contribution in [3.8, 4) is 11.8 Å². The zero-order chi connectivity index (χ0) is 15.1. The smallest absolute Gasteiger partial charge is 0.262 e. The summed E-state index contributed by atoms with van der Waals surface area (Å²) in [5.74, 6) is 5.12. The maximum Gasteiger partial charge on any atom is 0.262 e. The van der Waals surface area contributed by atoms with Crippen LogP contribution in [0, 0.1) is 11.8 Å². The molecule has 0 aliphatic carbocycles. The molecule has 4 heteroatoms. The fraction of sp³-hybridized carbons (Fsp3) is 0.412. The van der Waals surface area contributed by atoms with Gasteiger partial charge in [-0.3, -0.25) is 14.5 Å². The van der Waals surface area contributed by atoms with E-state index >= 15 is 0 Å². The Hall–Kier alpha value is -2.12. The molecule has 2 amide bonds. The minimum absolute atomic E-state index is 0.116. The molecular weight excluding hydrogens is 266 g/mol. The van der Waals surface area contributed by atoms with E-state index < -0.39 is 0 Å². The third kappa shape index (κ3) is 3.71. The van der Waals surface area contributed by atoms with Gasteiger partial charge in [0.1, 0.15) is 6.61 Å². The number of hydrogen-bond donors (Lipinski definition) is 0. The summed E-state index contributed by atoms with van der Waals surface area (Å²) in [5.41, 5.74) is 0.917. The van der Waals surface area contributed by atoms with Crippen molar-refractivity contribution in [3.05, 3.63) is 35.4 Å². The number of rotatable bonds is 6. The van der Waals surface area contributed by atoms with Gasteiger partial charge < -0.3 is 4.74 Å². The molecular formula is C17H19NO3. The largest absolute Gasteiger partial charge is 0.369 e. The highest BCUT2D eigenvalue weighted by Crippen LogP contribution is 2.21. The summed E-state index contributed by atoms with van der Waals surface area (Å²) in [5, 5.41) is 0. The summed E-state index contributed by atoms with van der Waals surface area (Å²) in [7, 11) is 0. The van der Waals surface area contributed by atoms with Gasteiger partial charge in [0.2, 0.25) is 0 Å². The number of hydrogen-bond acceptors (Lipinski definition) is 3. The highest BCUT2D eigenvalue weighted by atomic mass is 16.5. The number of amides is 2. The number of carbonyl (C=O) groups is 2. The van der Waals surface area contributed by atoms with E-state index in [0.29, 0.717) is 24.3 Å². The molecule has 0 saturated heterocycles. The van der Waals surface area contributed by atoms with E-state index in [2.05, 4.69) is 18.8 Å². The minimum atomic E-state index is -0.270. The van der Waals surface area contributed by atoms with Gasteiger partial charge in [0.25, 0.3) is 11.8 Å². The van der Waals surface area contributed by atoms with Gasteiger partial charge >= 0.3 is 0 Å². The Morgan fingerprint density at radius 3 is 2.33 bits per heavy atom. The molecule has 0 fully saturated rings. The van der Waals surface area contributed by atoms with E-state index in [1.54, 1.807) is 24.3 Å². The van der Waals surface area contributed by atoms with Gasteiger partial charge in [-0.2, -0.15) is 0 Å². The Morgan fingerprint density at radius 1 is 1.05 bits per heavy atom. The molecule has 0 bridgehead atoms. The zero-order valence-corrected chi connectivity index (χ0v) is 12.2. The van der Waals surface area contributed by atoms with E-state index in [9.17, 15) is 9.59 Å². The number of fused-ring (bicyclic) bond motifs is 1. The average molecular weight is 285 g/mol. The highest BCUT2D eigenvalue weighted by molar-refractivity contribution is 6.21. The maximum absolute atomic E-state index is 12.1. The quantitative estimate of drug-likeness (QED) is 0.458. The number of benzene rings is 1. The molecule has 4 nitrogen and oxygen atoms in total. The topological polar surface area (TPSA) is 46.6 Å². The first-order chi connectivity index (χ1) is 10.3. The first-order valence-corrected chi connectivity index (χ1v) is 7.24. The lowest BCUT2D eigenvalue weighted by atomic mass is 10.1. The molecule has 0 radical (unpaired) electrons. The van der Waals surface area contributed by atoms with Crippen molar-refractivity contribution >= 4 is 11.8 Å². The van der Waals surface area contributed by atoms with Crippen molar-refractivity contribution < 1.29 is 14.3 Å². The van der Waals surface area contributed by atoms with Crippen LogP contribution in [0.1, 0.15) is 46.9 Å². The minimum Gasteiger partial charge on any atom is -0.369 e. The molecule has 1 aliphatic heterocycles. The van der Waals surface area contributed by atoms with Crippen molar-refractivity contribution in [2.45, 2.75) is 26.2 Å². The molecule has 0 saturated carbocycles. The molecule has 0 spiro atoms. The fourth-order valence-electron chi connectivity index (χ4n) is 2.15. The Bertz CT molecular complexity index is 548. The number of imide groups is 1. The zero-order valence-electron chi connectivity index (χ0n) is 12.2. The van der Waals surface area contributed by atoms with Gasteiger partial charge in [0, 0.05) is 6.61 Å². The Balaban J connectivity index is 1.81. The van der Waals surface area contributed by atoms with Crippen LogP contribution < -0.4 is 0 Å². The Labute approximate surface area is 125 Å². The van der Waals surface area contributed by atoms with E-state index in [-0.39, 0.29) is 18.4 Å². The lowest BCUT2D eigenvalue weighted by Crippen LogP contribution is -2.30. The summed E-state index contributed by atoms with van der Waals surface area (Å²) in [6.45, 7) is 3.30. The van der Waals surface area contributed by atoms with E-state index in [1.165, 1.54) is 4.90 Å². The molecule has 0 unspecified atom stereocenters. The second-order valence-corrected chi connectivity index (χ2v) is 4.86. The number of carbonyl (C=O) groups excluding carboxylic acids is 2. The number of nitrogens with zero attached hydrogens (tertiary/aromatic N) is 1. The van der Waals surface area contributed by atoms with Crippen molar-refractivity contribution in [2.75, 3.05) is 19.8 Å². The molecule has 110 valence electrons. The van der Waals surface area contributed by atoms with Crippen molar-refractivity contribution in [2.24, 2.45) is 0 Å². The summed E-state index contributed by atoms with van der Waals surface area (Å²) < 4.78 is 5.35. The lowest BCUT2D eigenvalue weighted by molar-refractivity contribution is 0.0674. The molecule has 1 heterocycles. The normalized spacial score (nSPS) is 13.1. The first kappa shape index (κ1) is 15.3. The third-order valence-corrected chi connectivity index (χ3v) is 3.31. The predicted octanol–water partition coefficient (Wildman–Crippen LogP) is 2.49. The molecule has 2 rings (SSSR count). The summed E-state index contributed by atoms with van der Waals surface area (Å²) in [6, 6.07) is 6.84. The van der Waals surface area contributed by atoms with Gasteiger partial charge in [0.15, 0.2) is 0 Å². The SMILES string of the molecule is CCCCCOCC#CCN1C(=O)c2ccccc2C1=O. The number of unbranched alkanes of at least 4 members (excludes halogenated alkanes) is 2. The van der Waals surface area contributed by atoms with Crippen LogP contribution in [0.4, 0.5) is 0 Å². The lowest BCUT2D eigenvalue weighted by Gasteiger charge is -2.08. The summed E-state index contributed by atoms with van der Waals surface area (Å²) in [6.07, 6.45) is 3.35. The van der Waals surface area contributed by atoms with Crippen LogP contribution in [0.3, 0.4) is 0 Å². The van der Waals surface area contributed by atoms with E-state index in [0.717, 1.165) is 19.3 Å². The Morgan fingerprint density at radius 2 is 1.71 bits per heavy atom. The molecule has 21 heavy (non-hydrogen) atoms. The van der Waals surface area contributed by atoms with Crippen LogP contribution in [0.2, 0.25) is 0 Å². The molecule has 0 atom stereocenters. The van der Waals surface area contributed by atoms with Crippen LogP contribution in [0.15, 0.2) is 24.3 Å². The van der Waals surface area contributed by atoms with Crippen molar-refractivity contribution in [1.82, 2.24) is 4.90 Å². The maximum atomic E-state index is 12.1. The molecule has 0 aromatic heterocycles. The summed E-state index contributed by atoms with van der Waals surface area (Å²) in [4.78, 5) is 25.3. The monoisotopic (exact) mass is 285 g/mol. The molecule has 1 aromatic rings. The van der Waals surface area contributed by atoms with E-state index in [4.69, 9.17) is 4.74 Å². The van der Waals surface area contributed by atoms with Gasteiger partial charge in [0.05, 0.1) is 17.7 Å². The standard InChI is InChI=1S/C17H19NO3/c1-2-3-7-12-21-13-8-6-11-18-16(19)14-9-4-5-10-15(14)17(18)20/h4-5,9-10H,2-3,7,11-13H2,1H3. The average Bonchev–Trinajstić information content (AvgIpc) is 2.75. The van der Waals surface area contributed by atoms with Crippen LogP contribution in [0.5, 0.6) is 0 Å². The van der Waals surface area contributed by atoms with E-state index in [1.807, 2.05) is 0 Å². The van der Waals surface area contributed by atoms with Crippen molar-refractivity contribution in [1.29, 1.82) is 0 Å². The van der Waals surface area contributed by atoms with Crippen LogP contribution in [-0.4, -0.2) is 36.5 Å². The summed E-state index contributed by atoms with van der Waals surface area (Å²) >= 11 is 0. The van der Waals surface area contributed by atoms with Crippen LogP contribution >= 0.6 is 0 Å². The van der Waals surface area contributed by atoms with Gasteiger partial charge in [-0.15, -0.1) is 0 Å². The van der Waals surface area contributed by atoms with Crippen LogP contribution in [-0.2, 0) is 4.74 Å². The van der Waals surface area contributed by atoms with Crippen LogP contribution in [0.25, 0.3) is 0 Å². The second-order valence-electron chi connectivity index (χ2n) is 4.86. The molecule has 1 aromatic carbocycles. The van der Waals surface area contributed by atoms with Crippen molar-refractivity contribution in [3.63, 3.8) is 0 Å². The van der Waals surface area contributed by atoms with Gasteiger partial charge in [-0.1, -0.05) is 43.7 Å². The first-order valence-electron chi connectivity index (χ1n) is 7.24. The molecule has 0 N–H and O–H groups in total. The predicted molar refractivity (Wildman–Crippen MR) is 79.9 cm³/mol. The third-order valence-electron chi connectivity index (χ3n) is 3.31. The van der Waals surface area contributed by atoms with Gasteiger partial charge in [-0.05, 0) is 18.6 Å². The highest BCUT2D eigenvalue weighted by Gasteiger charge is 2.34. The molecule has 1 aliphatic rings. The number of ether oxygens (including phenoxy) is 1. The second kappa shape index (κ2) is 7.61. The van der Waals surface area contributed by atoms with Gasteiger partial charge in [-0.25, -0.2) is 0 Å². The fourth-order valence-corrected chi connectivity index (χ4v) is 2.15. The Kier molecular flexibility index (Phi) is 5.53.